The van der Waals surface area contributed by atoms with E-state index in [4.69, 9.17) is 16.0 Å². The molecule has 42 heavy (non-hydrogen) atoms. The number of amides is 1. The van der Waals surface area contributed by atoms with Crippen LogP contribution >= 0.6 is 11.6 Å². The van der Waals surface area contributed by atoms with Crippen LogP contribution in [0.4, 0.5) is 10.1 Å². The first-order valence-corrected chi connectivity index (χ1v) is 14.9. The molecule has 3 aromatic heterocycles. The number of sulfonamides is 1. The third-order valence-corrected chi connectivity index (χ3v) is 8.34. The minimum atomic E-state index is -3.74. The Bertz CT molecular complexity index is 2090. The van der Waals surface area contributed by atoms with Gasteiger partial charge in [-0.15, -0.1) is 0 Å². The highest BCUT2D eigenvalue weighted by Crippen LogP contribution is 2.41. The van der Waals surface area contributed by atoms with Crippen molar-refractivity contribution in [1.29, 1.82) is 0 Å². The number of benzene rings is 3. The largest absolute Gasteiger partial charge is 0.455 e. The molecule has 0 aliphatic carbocycles. The number of furan rings is 1. The van der Waals surface area contributed by atoms with Crippen LogP contribution in [0.2, 0.25) is 5.28 Å². The molecule has 0 radical (unpaired) electrons. The number of hydrogen-bond donors (Lipinski definition) is 2. The molecule has 0 atom stereocenters. The Morgan fingerprint density at radius 1 is 1.02 bits per heavy atom. The Morgan fingerprint density at radius 2 is 1.74 bits per heavy atom. The second-order valence-corrected chi connectivity index (χ2v) is 12.0. The molecule has 0 spiro atoms. The Balaban J connectivity index is 1.63. The quantitative estimate of drug-likeness (QED) is 0.217. The predicted octanol–water partition coefficient (Wildman–Crippen LogP) is 6.25. The zero-order valence-electron chi connectivity index (χ0n) is 22.6. The summed E-state index contributed by atoms with van der Waals surface area (Å²) in [5, 5.41) is 3.94. The van der Waals surface area contributed by atoms with E-state index in [1.807, 2.05) is 30.3 Å². The summed E-state index contributed by atoms with van der Waals surface area (Å²) >= 11 is 6.41. The van der Waals surface area contributed by atoms with E-state index in [0.717, 1.165) is 21.5 Å². The van der Waals surface area contributed by atoms with E-state index in [0.29, 0.717) is 33.6 Å². The number of anilines is 1. The highest BCUT2D eigenvalue weighted by molar-refractivity contribution is 7.92. The number of para-hydroxylation sites is 1. The fourth-order valence-corrected chi connectivity index (χ4v) is 5.53. The molecule has 6 rings (SSSR count). The minimum Gasteiger partial charge on any atom is -0.455 e. The maximum atomic E-state index is 13.7. The molecule has 0 unspecified atom stereocenters. The molecule has 9 nitrogen and oxygen atoms in total. The van der Waals surface area contributed by atoms with Gasteiger partial charge in [-0.2, -0.15) is 0 Å². The summed E-state index contributed by atoms with van der Waals surface area (Å²) in [6.45, 7) is 0. The van der Waals surface area contributed by atoms with Gasteiger partial charge in [0.05, 0.1) is 34.6 Å². The molecular formula is C30H23ClFN5O4S. The molecule has 0 saturated carbocycles. The highest BCUT2D eigenvalue weighted by atomic mass is 35.5. The minimum absolute atomic E-state index is 0.0556. The lowest BCUT2D eigenvalue weighted by molar-refractivity contribution is 0.0964. The van der Waals surface area contributed by atoms with Crippen molar-refractivity contribution in [3.05, 3.63) is 89.5 Å². The molecule has 12 heteroatoms. The molecule has 0 aliphatic rings. The average molecular weight is 604 g/mol. The van der Waals surface area contributed by atoms with E-state index in [1.165, 1.54) is 44.4 Å². The van der Waals surface area contributed by atoms with Gasteiger partial charge in [0.25, 0.3) is 5.91 Å². The van der Waals surface area contributed by atoms with Crippen LogP contribution in [0.5, 0.6) is 0 Å². The van der Waals surface area contributed by atoms with Crippen molar-refractivity contribution in [1.82, 2.24) is 20.3 Å². The lowest BCUT2D eigenvalue weighted by atomic mass is 10.0. The van der Waals surface area contributed by atoms with Gasteiger partial charge in [-0.3, -0.25) is 9.10 Å². The van der Waals surface area contributed by atoms with Crippen LogP contribution in [0.25, 0.3) is 55.8 Å². The molecule has 3 aromatic carbocycles. The van der Waals surface area contributed by atoms with E-state index in [-0.39, 0.29) is 27.9 Å². The monoisotopic (exact) mass is 603 g/mol. The third kappa shape index (κ3) is 4.86. The molecule has 1 amide bonds. The van der Waals surface area contributed by atoms with Crippen LogP contribution in [0.15, 0.2) is 77.2 Å². The van der Waals surface area contributed by atoms with Gasteiger partial charge < -0.3 is 14.7 Å². The van der Waals surface area contributed by atoms with Crippen LogP contribution in [-0.4, -0.2) is 49.6 Å². The SMILES string of the molecule is CNC(=O)c1c(-c2ccc(F)cc2)oc2cc(N(C)S(C)(=O)=O)c(-c3cc(-c4cc5ccccc5[nH]4)nc(Cl)n3)cc12. The second-order valence-electron chi connectivity index (χ2n) is 9.67. The van der Waals surface area contributed by atoms with Gasteiger partial charge >= 0.3 is 0 Å². The van der Waals surface area contributed by atoms with Crippen molar-refractivity contribution >= 4 is 55.1 Å². The van der Waals surface area contributed by atoms with Crippen LogP contribution in [0.1, 0.15) is 10.4 Å². The van der Waals surface area contributed by atoms with Crippen LogP contribution in [0.3, 0.4) is 0 Å². The zero-order chi connectivity index (χ0) is 29.8. The van der Waals surface area contributed by atoms with Crippen LogP contribution < -0.4 is 9.62 Å². The molecule has 212 valence electrons. The highest BCUT2D eigenvalue weighted by Gasteiger charge is 2.27. The Labute approximate surface area is 245 Å². The molecule has 6 aromatic rings. The number of fused-ring (bicyclic) bond motifs is 2. The normalized spacial score (nSPS) is 11.7. The van der Waals surface area contributed by atoms with Crippen molar-refractivity contribution in [2.75, 3.05) is 24.7 Å². The number of halogens is 2. The summed E-state index contributed by atoms with van der Waals surface area (Å²) in [7, 11) is -0.845. The number of carbonyl (C=O) groups excluding carboxylic acids is 1. The van der Waals surface area contributed by atoms with Crippen molar-refractivity contribution in [3.8, 4) is 34.0 Å². The number of carbonyl (C=O) groups is 1. The summed E-state index contributed by atoms with van der Waals surface area (Å²) in [6.07, 6.45) is 1.08. The van der Waals surface area contributed by atoms with Gasteiger partial charge in [0.2, 0.25) is 15.3 Å². The number of aromatic amines is 1. The predicted molar refractivity (Wildman–Crippen MR) is 162 cm³/mol. The molecule has 3 heterocycles. The number of aromatic nitrogens is 3. The van der Waals surface area contributed by atoms with Crippen molar-refractivity contribution in [2.45, 2.75) is 0 Å². The van der Waals surface area contributed by atoms with Crippen molar-refractivity contribution < 1.29 is 22.0 Å². The van der Waals surface area contributed by atoms with Crippen LogP contribution in [0, 0.1) is 5.82 Å². The first-order chi connectivity index (χ1) is 20.0. The summed E-state index contributed by atoms with van der Waals surface area (Å²) in [6, 6.07) is 20.1. The van der Waals surface area contributed by atoms with E-state index in [1.54, 1.807) is 12.1 Å². The summed E-state index contributed by atoms with van der Waals surface area (Å²) in [5.74, 6) is -0.682. The molecule has 2 N–H and O–H groups in total. The number of H-pyrrole nitrogens is 1. The molecule has 0 bridgehead atoms. The number of nitrogens with one attached hydrogen (secondary N) is 2. The van der Waals surface area contributed by atoms with Gasteiger partial charge in [-0.25, -0.2) is 22.8 Å². The summed E-state index contributed by atoms with van der Waals surface area (Å²) in [5.41, 5.74) is 3.93. The maximum absolute atomic E-state index is 13.7. The van der Waals surface area contributed by atoms with E-state index >= 15 is 0 Å². The van der Waals surface area contributed by atoms with Gasteiger partial charge in [0.15, 0.2) is 0 Å². The summed E-state index contributed by atoms with van der Waals surface area (Å²) < 4.78 is 46.3. The van der Waals surface area contributed by atoms with Crippen LogP contribution in [-0.2, 0) is 10.0 Å². The zero-order valence-corrected chi connectivity index (χ0v) is 24.1. The summed E-state index contributed by atoms with van der Waals surface area (Å²) in [4.78, 5) is 25.3. The first-order valence-electron chi connectivity index (χ1n) is 12.7. The number of hydrogen-bond acceptors (Lipinski definition) is 6. The van der Waals surface area contributed by atoms with E-state index in [2.05, 4.69) is 20.3 Å². The fourth-order valence-electron chi connectivity index (χ4n) is 4.84. The Hall–Kier alpha value is -4.74. The van der Waals surface area contributed by atoms with Gasteiger partial charge in [-0.1, -0.05) is 18.2 Å². The molecule has 0 aliphatic heterocycles. The van der Waals surface area contributed by atoms with E-state index in [9.17, 15) is 17.6 Å². The molecule has 0 saturated heterocycles. The lowest BCUT2D eigenvalue weighted by Crippen LogP contribution is -2.25. The van der Waals surface area contributed by atoms with Gasteiger partial charge in [0, 0.05) is 47.6 Å². The molecule has 0 fully saturated rings. The maximum Gasteiger partial charge on any atom is 0.255 e. The first kappa shape index (κ1) is 27.4. The standard InChI is InChI=1S/C30H23ClFN5O4S/c1-33-29(38)27-20-13-19(22-14-24(36-30(31)35-22)23-12-17-6-4-5-7-21(17)34-23)25(37(2)42(3,39)40)15-26(20)41-28(27)16-8-10-18(32)11-9-16/h4-15,34H,1-3H3,(H,33,38). The smallest absolute Gasteiger partial charge is 0.255 e. The fraction of sp³-hybridized carbons (Fsp3) is 0.100. The number of nitrogens with zero attached hydrogens (tertiary/aromatic N) is 3. The van der Waals surface area contributed by atoms with E-state index < -0.39 is 21.7 Å². The van der Waals surface area contributed by atoms with Gasteiger partial charge in [-0.05, 0) is 60.1 Å². The molecular weight excluding hydrogens is 581 g/mol. The van der Waals surface area contributed by atoms with Crippen molar-refractivity contribution in [2.24, 2.45) is 0 Å². The number of rotatable bonds is 6. The average Bonchev–Trinajstić information content (AvgIpc) is 3.57. The topological polar surface area (TPSA) is 121 Å². The third-order valence-electron chi connectivity index (χ3n) is 6.98. The van der Waals surface area contributed by atoms with Gasteiger partial charge in [0.1, 0.15) is 17.2 Å². The lowest BCUT2D eigenvalue weighted by Gasteiger charge is -2.20. The Kier molecular flexibility index (Phi) is 6.71. The van der Waals surface area contributed by atoms with Crippen molar-refractivity contribution in [3.63, 3.8) is 0 Å². The second kappa shape index (κ2) is 10.3. The Morgan fingerprint density at radius 3 is 2.43 bits per heavy atom.